The summed E-state index contributed by atoms with van der Waals surface area (Å²) in [5.74, 6) is -1.52. The van der Waals surface area contributed by atoms with E-state index in [4.69, 9.17) is 33.2 Å². The van der Waals surface area contributed by atoms with Crippen molar-refractivity contribution in [2.75, 3.05) is 65.9 Å². The number of hydrogen-bond donors (Lipinski definition) is 0. The van der Waals surface area contributed by atoms with E-state index in [0.717, 1.165) is 77.4 Å². The van der Waals surface area contributed by atoms with Crippen molar-refractivity contribution in [1.82, 2.24) is 4.90 Å². The summed E-state index contributed by atoms with van der Waals surface area (Å²) in [5, 5.41) is 0. The molecule has 12 heteroatoms. The van der Waals surface area contributed by atoms with Crippen LogP contribution in [0.25, 0.3) is 0 Å². The molecule has 1 unspecified atom stereocenters. The van der Waals surface area contributed by atoms with Gasteiger partial charge in [0, 0.05) is 39.0 Å². The van der Waals surface area contributed by atoms with E-state index >= 15 is 0 Å². The van der Waals surface area contributed by atoms with E-state index in [0.29, 0.717) is 45.5 Å². The maximum atomic E-state index is 13.0. The molecule has 0 aromatic heterocycles. The third-order valence-electron chi connectivity index (χ3n) is 11.3. The van der Waals surface area contributed by atoms with Crippen LogP contribution >= 0.6 is 0 Å². The smallest absolute Gasteiger partial charge is 0.465 e. The lowest BCUT2D eigenvalue weighted by Gasteiger charge is -2.20. The molecule has 0 amide bonds. The standard InChI is InChI=1S/C52H97NO11/c1-6-11-14-17-20-26-31-40-58-48(54)35-29-24-23-25-30-36-49(55)62-44-47(46-64-52(57)61-43-34-39-53(9-4)10-5)45-63-50(56)37-38-51(59-41-32-27-21-18-15-12-7-2)60-42-33-28-22-19-16-13-8-3/h26,31,47,51H,6-25,27-30,32-46H2,1-5H3/b31-26-. The first kappa shape index (κ1) is 61.3. The average molecular weight is 912 g/mol. The van der Waals surface area contributed by atoms with Crippen molar-refractivity contribution in [3.05, 3.63) is 12.2 Å². The van der Waals surface area contributed by atoms with E-state index in [2.05, 4.69) is 45.6 Å². The van der Waals surface area contributed by atoms with Crippen LogP contribution in [0.2, 0.25) is 0 Å². The normalized spacial score (nSPS) is 12.0. The van der Waals surface area contributed by atoms with Crippen LogP contribution in [0.15, 0.2) is 12.2 Å². The fraction of sp³-hybridized carbons (Fsp3) is 0.885. The zero-order valence-electron chi connectivity index (χ0n) is 41.8. The quantitative estimate of drug-likeness (QED) is 0.0189. The maximum absolute atomic E-state index is 13.0. The fourth-order valence-electron chi connectivity index (χ4n) is 7.08. The molecule has 1 atom stereocenters. The van der Waals surface area contributed by atoms with Gasteiger partial charge >= 0.3 is 24.1 Å². The molecule has 0 spiro atoms. The summed E-state index contributed by atoms with van der Waals surface area (Å²) < 4.78 is 39.4. The molecule has 12 nitrogen and oxygen atoms in total. The highest BCUT2D eigenvalue weighted by atomic mass is 16.7. The number of carbonyl (C=O) groups is 4. The van der Waals surface area contributed by atoms with Crippen molar-refractivity contribution in [1.29, 1.82) is 0 Å². The molecule has 0 saturated heterocycles. The molecule has 0 aliphatic heterocycles. The van der Waals surface area contributed by atoms with Crippen molar-refractivity contribution in [2.45, 2.75) is 227 Å². The minimum atomic E-state index is -0.806. The van der Waals surface area contributed by atoms with Crippen molar-refractivity contribution in [3.8, 4) is 0 Å². The molecule has 0 aromatic carbocycles. The van der Waals surface area contributed by atoms with Gasteiger partial charge in [0.1, 0.15) is 26.4 Å². The first-order valence-corrected chi connectivity index (χ1v) is 26.2. The van der Waals surface area contributed by atoms with Gasteiger partial charge in [0.2, 0.25) is 0 Å². The maximum Gasteiger partial charge on any atom is 0.508 e. The van der Waals surface area contributed by atoms with E-state index in [-0.39, 0.29) is 51.2 Å². The predicted molar refractivity (Wildman–Crippen MR) is 257 cm³/mol. The van der Waals surface area contributed by atoms with Crippen LogP contribution < -0.4 is 0 Å². The summed E-state index contributed by atoms with van der Waals surface area (Å²) in [6.45, 7) is 15.0. The molecule has 376 valence electrons. The Hall–Kier alpha value is -2.70. The lowest BCUT2D eigenvalue weighted by molar-refractivity contribution is -0.161. The number of esters is 3. The van der Waals surface area contributed by atoms with E-state index in [1.807, 2.05) is 6.08 Å². The fourth-order valence-corrected chi connectivity index (χ4v) is 7.08. The minimum Gasteiger partial charge on any atom is -0.465 e. The third kappa shape index (κ3) is 43.2. The van der Waals surface area contributed by atoms with Crippen LogP contribution in [-0.4, -0.2) is 101 Å². The first-order valence-electron chi connectivity index (χ1n) is 26.2. The highest BCUT2D eigenvalue weighted by Gasteiger charge is 2.20. The van der Waals surface area contributed by atoms with E-state index < -0.39 is 24.3 Å². The van der Waals surface area contributed by atoms with Crippen molar-refractivity contribution < 1.29 is 52.3 Å². The molecule has 64 heavy (non-hydrogen) atoms. The number of unbranched alkanes of at least 4 members (excludes halogenated alkanes) is 20. The average Bonchev–Trinajstić information content (AvgIpc) is 3.29. The largest absolute Gasteiger partial charge is 0.508 e. The van der Waals surface area contributed by atoms with Gasteiger partial charge in [-0.2, -0.15) is 0 Å². The van der Waals surface area contributed by atoms with Crippen LogP contribution in [0.3, 0.4) is 0 Å². The highest BCUT2D eigenvalue weighted by molar-refractivity contribution is 5.70. The Kier molecular flexibility index (Phi) is 46.2. The zero-order valence-corrected chi connectivity index (χ0v) is 41.8. The summed E-state index contributed by atoms with van der Waals surface area (Å²) in [4.78, 5) is 52.4. The minimum absolute atomic E-state index is 0.0662. The molecule has 0 aliphatic carbocycles. The second-order valence-electron chi connectivity index (χ2n) is 17.2. The summed E-state index contributed by atoms with van der Waals surface area (Å²) >= 11 is 0. The SMILES string of the molecule is CCCCCC/C=C\COC(=O)CCCCCCCC(=O)OCC(COC(=O)CCC(OCCCCCCCCC)OCCCCCCCCC)COC(=O)OCCCN(CC)CC. The van der Waals surface area contributed by atoms with Gasteiger partial charge in [-0.3, -0.25) is 14.4 Å². The third-order valence-corrected chi connectivity index (χ3v) is 11.3. The van der Waals surface area contributed by atoms with Gasteiger partial charge in [0.25, 0.3) is 0 Å². The van der Waals surface area contributed by atoms with Crippen LogP contribution in [0.4, 0.5) is 4.79 Å². The molecule has 0 fully saturated rings. The van der Waals surface area contributed by atoms with Crippen LogP contribution in [0.5, 0.6) is 0 Å². The van der Waals surface area contributed by atoms with Crippen molar-refractivity contribution in [3.63, 3.8) is 0 Å². The first-order chi connectivity index (χ1) is 31.3. The molecular formula is C52H97NO11. The monoisotopic (exact) mass is 912 g/mol. The topological polar surface area (TPSA) is 136 Å². The molecule has 0 saturated carbocycles. The highest BCUT2D eigenvalue weighted by Crippen LogP contribution is 2.14. The molecule has 0 radical (unpaired) electrons. The van der Waals surface area contributed by atoms with Crippen LogP contribution in [-0.2, 0) is 47.5 Å². The molecule has 0 aromatic rings. The Morgan fingerprint density at radius 1 is 0.438 bits per heavy atom. The second kappa shape index (κ2) is 48.2. The van der Waals surface area contributed by atoms with Crippen molar-refractivity contribution >= 4 is 24.1 Å². The number of allylic oxidation sites excluding steroid dienone is 1. The molecule has 0 aliphatic rings. The number of hydrogen-bond acceptors (Lipinski definition) is 12. The summed E-state index contributed by atoms with van der Waals surface area (Å²) in [5.41, 5.74) is 0. The van der Waals surface area contributed by atoms with Crippen LogP contribution in [0, 0.1) is 5.92 Å². The summed E-state index contributed by atoms with van der Waals surface area (Å²) in [6, 6.07) is 0. The van der Waals surface area contributed by atoms with E-state index in [9.17, 15) is 19.2 Å². The number of rotatable bonds is 48. The van der Waals surface area contributed by atoms with Gasteiger partial charge in [-0.15, -0.1) is 0 Å². The van der Waals surface area contributed by atoms with Gasteiger partial charge in [-0.1, -0.05) is 162 Å². The van der Waals surface area contributed by atoms with Gasteiger partial charge in [-0.05, 0) is 58.0 Å². The number of nitrogens with zero attached hydrogens (tertiary/aromatic N) is 1. The van der Waals surface area contributed by atoms with E-state index in [1.165, 1.54) is 89.9 Å². The molecule has 0 bridgehead atoms. The lowest BCUT2D eigenvalue weighted by atomic mass is 10.1. The predicted octanol–water partition coefficient (Wildman–Crippen LogP) is 13.0. The molecule has 0 heterocycles. The Bertz CT molecular complexity index is 1080. The summed E-state index contributed by atoms with van der Waals surface area (Å²) in [7, 11) is 0. The Morgan fingerprint density at radius 3 is 1.42 bits per heavy atom. The van der Waals surface area contributed by atoms with Crippen LogP contribution in [0.1, 0.15) is 221 Å². The summed E-state index contributed by atoms with van der Waals surface area (Å²) in [6.07, 6.45) is 31.1. The van der Waals surface area contributed by atoms with Crippen molar-refractivity contribution in [2.24, 2.45) is 5.92 Å². The Morgan fingerprint density at radius 2 is 0.891 bits per heavy atom. The Labute approximate surface area is 391 Å². The molecule has 0 N–H and O–H groups in total. The molecular weight excluding hydrogens is 815 g/mol. The second-order valence-corrected chi connectivity index (χ2v) is 17.2. The van der Waals surface area contributed by atoms with Gasteiger partial charge in [0.05, 0.1) is 18.9 Å². The van der Waals surface area contributed by atoms with Gasteiger partial charge in [-0.25, -0.2) is 4.79 Å². The Balaban J connectivity index is 4.87. The number of carbonyl (C=O) groups excluding carboxylic acids is 4. The molecule has 0 rings (SSSR count). The van der Waals surface area contributed by atoms with Gasteiger partial charge in [0.15, 0.2) is 6.29 Å². The lowest BCUT2D eigenvalue weighted by Crippen LogP contribution is -2.28. The number of ether oxygens (including phenoxy) is 7. The zero-order chi connectivity index (χ0) is 47.0. The van der Waals surface area contributed by atoms with Gasteiger partial charge < -0.3 is 38.1 Å². The van der Waals surface area contributed by atoms with E-state index in [1.54, 1.807) is 0 Å².